The Morgan fingerprint density at radius 3 is 2.05 bits per heavy atom. The first kappa shape index (κ1) is 14.5. The molecular weight excluding hydrogens is 324 g/mol. The van der Waals surface area contributed by atoms with E-state index in [1.807, 2.05) is 38.1 Å². The summed E-state index contributed by atoms with van der Waals surface area (Å²) in [6.45, 7) is 4.04. The highest BCUT2D eigenvalue weighted by Gasteiger charge is 2.19. The number of carbonyl (C=O) groups is 1. The zero-order valence-corrected chi connectivity index (χ0v) is 14.0. The minimum atomic E-state index is 0.105. The summed E-state index contributed by atoms with van der Waals surface area (Å²) >= 11 is 3.55. The fourth-order valence-corrected chi connectivity index (χ4v) is 3.12. The highest BCUT2D eigenvalue weighted by atomic mass is 79.9. The standard InChI is InChI=1S/C19H19BrO/c1-12-10-17(11-13(2)18(12)20)19(21)16-8-6-15(7-9-16)14-4-3-5-14/h6-11,14H,3-5H2,1-2H3. The van der Waals surface area contributed by atoms with Gasteiger partial charge in [-0.05, 0) is 61.4 Å². The maximum atomic E-state index is 12.6. The van der Waals surface area contributed by atoms with E-state index in [0.29, 0.717) is 5.92 Å². The van der Waals surface area contributed by atoms with Crippen LogP contribution in [0, 0.1) is 13.8 Å². The molecule has 1 aliphatic carbocycles. The summed E-state index contributed by atoms with van der Waals surface area (Å²) < 4.78 is 1.08. The minimum Gasteiger partial charge on any atom is -0.289 e. The summed E-state index contributed by atoms with van der Waals surface area (Å²) in [5.74, 6) is 0.820. The van der Waals surface area contributed by atoms with Crippen molar-refractivity contribution in [3.8, 4) is 0 Å². The van der Waals surface area contributed by atoms with E-state index in [1.165, 1.54) is 24.8 Å². The van der Waals surface area contributed by atoms with E-state index in [2.05, 4.69) is 28.1 Å². The maximum absolute atomic E-state index is 12.6. The molecule has 0 aromatic heterocycles. The lowest BCUT2D eigenvalue weighted by molar-refractivity contribution is 0.103. The minimum absolute atomic E-state index is 0.105. The molecule has 1 saturated carbocycles. The molecule has 1 nitrogen and oxygen atoms in total. The van der Waals surface area contributed by atoms with Crippen molar-refractivity contribution in [1.29, 1.82) is 0 Å². The molecule has 0 atom stereocenters. The van der Waals surface area contributed by atoms with Gasteiger partial charge in [0.2, 0.25) is 0 Å². The lowest BCUT2D eigenvalue weighted by atomic mass is 9.80. The Balaban J connectivity index is 1.87. The van der Waals surface area contributed by atoms with Gasteiger partial charge in [0.1, 0.15) is 0 Å². The number of halogens is 1. The van der Waals surface area contributed by atoms with Crippen molar-refractivity contribution >= 4 is 21.7 Å². The fraction of sp³-hybridized carbons (Fsp3) is 0.316. The molecule has 1 aliphatic rings. The van der Waals surface area contributed by atoms with Gasteiger partial charge in [-0.2, -0.15) is 0 Å². The van der Waals surface area contributed by atoms with Gasteiger partial charge in [-0.15, -0.1) is 0 Å². The Kier molecular flexibility index (Phi) is 3.99. The van der Waals surface area contributed by atoms with Crippen LogP contribution in [0.1, 0.15) is 57.8 Å². The number of hydrogen-bond acceptors (Lipinski definition) is 1. The van der Waals surface area contributed by atoms with Crippen molar-refractivity contribution in [2.75, 3.05) is 0 Å². The van der Waals surface area contributed by atoms with Crippen molar-refractivity contribution in [2.24, 2.45) is 0 Å². The summed E-state index contributed by atoms with van der Waals surface area (Å²) in [4.78, 5) is 12.6. The summed E-state index contributed by atoms with van der Waals surface area (Å²) in [5, 5.41) is 0. The van der Waals surface area contributed by atoms with Crippen LogP contribution in [0.25, 0.3) is 0 Å². The van der Waals surface area contributed by atoms with E-state index in [4.69, 9.17) is 0 Å². The van der Waals surface area contributed by atoms with Gasteiger partial charge in [-0.3, -0.25) is 4.79 Å². The Bertz CT molecular complexity index is 658. The molecule has 0 spiro atoms. The first-order chi connectivity index (χ1) is 10.1. The van der Waals surface area contributed by atoms with Crippen LogP contribution in [-0.4, -0.2) is 5.78 Å². The second kappa shape index (κ2) is 5.76. The summed E-state index contributed by atoms with van der Waals surface area (Å²) in [6, 6.07) is 12.1. The highest BCUT2D eigenvalue weighted by Crippen LogP contribution is 2.36. The van der Waals surface area contributed by atoms with Crippen molar-refractivity contribution in [2.45, 2.75) is 39.0 Å². The van der Waals surface area contributed by atoms with Gasteiger partial charge < -0.3 is 0 Å². The molecule has 3 rings (SSSR count). The monoisotopic (exact) mass is 342 g/mol. The summed E-state index contributed by atoms with van der Waals surface area (Å²) in [6.07, 6.45) is 3.92. The zero-order valence-electron chi connectivity index (χ0n) is 12.4. The number of benzene rings is 2. The van der Waals surface area contributed by atoms with Gasteiger partial charge in [0.25, 0.3) is 0 Å². The van der Waals surface area contributed by atoms with E-state index in [9.17, 15) is 4.79 Å². The molecule has 0 unspecified atom stereocenters. The van der Waals surface area contributed by atoms with E-state index in [-0.39, 0.29) is 5.78 Å². The van der Waals surface area contributed by atoms with Crippen LogP contribution in [-0.2, 0) is 0 Å². The molecule has 0 bridgehead atoms. The van der Waals surface area contributed by atoms with Crippen LogP contribution in [0.3, 0.4) is 0 Å². The van der Waals surface area contributed by atoms with Gasteiger partial charge in [-0.1, -0.05) is 46.6 Å². The Morgan fingerprint density at radius 1 is 1.00 bits per heavy atom. The predicted octanol–water partition coefficient (Wildman–Crippen LogP) is 5.56. The van der Waals surface area contributed by atoms with Crippen LogP contribution < -0.4 is 0 Å². The van der Waals surface area contributed by atoms with Gasteiger partial charge in [0.05, 0.1) is 0 Å². The zero-order chi connectivity index (χ0) is 15.0. The number of rotatable bonds is 3. The third kappa shape index (κ3) is 2.82. The lowest BCUT2D eigenvalue weighted by Crippen LogP contribution is -2.09. The van der Waals surface area contributed by atoms with Crippen molar-refractivity contribution < 1.29 is 4.79 Å². The van der Waals surface area contributed by atoms with Gasteiger partial charge in [0.15, 0.2) is 5.78 Å². The van der Waals surface area contributed by atoms with E-state index < -0.39 is 0 Å². The molecule has 2 aromatic carbocycles. The van der Waals surface area contributed by atoms with Crippen molar-refractivity contribution in [3.05, 3.63) is 68.7 Å². The Hall–Kier alpha value is -1.41. The second-order valence-electron chi connectivity index (χ2n) is 6.00. The molecule has 21 heavy (non-hydrogen) atoms. The number of hydrogen-bond donors (Lipinski definition) is 0. The second-order valence-corrected chi connectivity index (χ2v) is 6.80. The average molecular weight is 343 g/mol. The normalized spacial score (nSPS) is 14.8. The largest absolute Gasteiger partial charge is 0.289 e. The molecule has 0 aliphatic heterocycles. The summed E-state index contributed by atoms with van der Waals surface area (Å²) in [5.41, 5.74) is 5.12. The molecule has 1 fully saturated rings. The van der Waals surface area contributed by atoms with Crippen molar-refractivity contribution in [1.82, 2.24) is 0 Å². The van der Waals surface area contributed by atoms with Crippen LogP contribution in [0.2, 0.25) is 0 Å². The molecule has 0 radical (unpaired) electrons. The predicted molar refractivity (Wildman–Crippen MR) is 90.1 cm³/mol. The van der Waals surface area contributed by atoms with Crippen LogP contribution in [0.15, 0.2) is 40.9 Å². The third-order valence-electron chi connectivity index (χ3n) is 4.45. The SMILES string of the molecule is Cc1cc(C(=O)c2ccc(C3CCC3)cc2)cc(C)c1Br. The van der Waals surface area contributed by atoms with Crippen LogP contribution >= 0.6 is 15.9 Å². The quantitative estimate of drug-likeness (QED) is 0.667. The van der Waals surface area contributed by atoms with Crippen LogP contribution in [0.4, 0.5) is 0 Å². The molecular formula is C19H19BrO. The van der Waals surface area contributed by atoms with Gasteiger partial charge in [-0.25, -0.2) is 0 Å². The lowest BCUT2D eigenvalue weighted by Gasteiger charge is -2.25. The number of aryl methyl sites for hydroxylation is 2. The first-order valence-electron chi connectivity index (χ1n) is 7.47. The first-order valence-corrected chi connectivity index (χ1v) is 8.27. The van der Waals surface area contributed by atoms with Gasteiger partial charge in [0, 0.05) is 15.6 Å². The van der Waals surface area contributed by atoms with E-state index >= 15 is 0 Å². The van der Waals surface area contributed by atoms with Crippen LogP contribution in [0.5, 0.6) is 0 Å². The summed E-state index contributed by atoms with van der Waals surface area (Å²) in [7, 11) is 0. The molecule has 108 valence electrons. The number of ketones is 1. The smallest absolute Gasteiger partial charge is 0.193 e. The molecule has 2 aromatic rings. The van der Waals surface area contributed by atoms with Crippen molar-refractivity contribution in [3.63, 3.8) is 0 Å². The highest BCUT2D eigenvalue weighted by molar-refractivity contribution is 9.10. The molecule has 0 saturated heterocycles. The molecule has 0 amide bonds. The Morgan fingerprint density at radius 2 is 1.57 bits per heavy atom. The molecule has 0 N–H and O–H groups in total. The Labute approximate surface area is 134 Å². The number of carbonyl (C=O) groups excluding carboxylic acids is 1. The third-order valence-corrected chi connectivity index (χ3v) is 5.70. The maximum Gasteiger partial charge on any atom is 0.193 e. The molecule has 2 heteroatoms. The van der Waals surface area contributed by atoms with E-state index in [1.54, 1.807) is 0 Å². The van der Waals surface area contributed by atoms with E-state index in [0.717, 1.165) is 26.7 Å². The fourth-order valence-electron chi connectivity index (χ4n) is 2.89. The average Bonchev–Trinajstić information content (AvgIpc) is 2.42. The van der Waals surface area contributed by atoms with Gasteiger partial charge >= 0.3 is 0 Å². The molecule has 0 heterocycles. The topological polar surface area (TPSA) is 17.1 Å².